The van der Waals surface area contributed by atoms with Crippen molar-refractivity contribution in [3.63, 3.8) is 0 Å². The number of hydrazine groups is 1. The summed E-state index contributed by atoms with van der Waals surface area (Å²) in [5.41, 5.74) is 7.87. The van der Waals surface area contributed by atoms with Gasteiger partial charge in [0.1, 0.15) is 12.3 Å². The number of fused-ring (bicyclic) bond motifs is 1. The number of amides is 2. The zero-order valence-electron chi connectivity index (χ0n) is 23.1. The molecule has 0 radical (unpaired) electrons. The van der Waals surface area contributed by atoms with E-state index < -0.39 is 0 Å². The van der Waals surface area contributed by atoms with E-state index in [0.29, 0.717) is 23.0 Å². The standard InChI is InChI=1S/C28H31ClN4O4.C2H6/c1-19-12-26-24(14-23(19)29)33(28(35)18-37-26)16-27(34)31(2)25(15-30-32-9-3-4-10-32)21-7-5-6-20(13-21)22-8-11-36-17-22;1-2/h5-8,11-14,17,25,30H,3-4,9-10,15-16,18H2,1-2H3;1-2H3. The Balaban J connectivity index is 0.00000172. The lowest BCUT2D eigenvalue weighted by molar-refractivity contribution is -0.132. The highest BCUT2D eigenvalue weighted by Gasteiger charge is 2.31. The zero-order chi connectivity index (χ0) is 27.9. The van der Waals surface area contributed by atoms with Crippen LogP contribution in [0.4, 0.5) is 5.69 Å². The molecule has 5 rings (SSSR count). The molecular formula is C30H37ClN4O4. The Morgan fingerprint density at radius 1 is 1.13 bits per heavy atom. The number of hydrogen-bond acceptors (Lipinski definition) is 6. The van der Waals surface area contributed by atoms with Crippen LogP contribution < -0.4 is 15.1 Å². The largest absolute Gasteiger partial charge is 0.482 e. The van der Waals surface area contributed by atoms with Gasteiger partial charge in [-0.05, 0) is 60.7 Å². The van der Waals surface area contributed by atoms with E-state index in [-0.39, 0.29) is 31.0 Å². The van der Waals surface area contributed by atoms with Gasteiger partial charge in [-0.1, -0.05) is 43.6 Å². The van der Waals surface area contributed by atoms with Crippen molar-refractivity contribution in [3.05, 3.63) is 71.1 Å². The lowest BCUT2D eigenvalue weighted by Crippen LogP contribution is -2.48. The van der Waals surface area contributed by atoms with Crippen molar-refractivity contribution in [2.75, 3.05) is 44.7 Å². The summed E-state index contributed by atoms with van der Waals surface area (Å²) >= 11 is 6.34. The molecular weight excluding hydrogens is 516 g/mol. The zero-order valence-corrected chi connectivity index (χ0v) is 23.8. The Hall–Kier alpha value is -3.33. The van der Waals surface area contributed by atoms with Crippen LogP contribution in [0.15, 0.2) is 59.4 Å². The van der Waals surface area contributed by atoms with Crippen LogP contribution in [-0.2, 0) is 9.59 Å². The first-order chi connectivity index (χ1) is 18.9. The summed E-state index contributed by atoms with van der Waals surface area (Å²) < 4.78 is 10.9. The fourth-order valence-electron chi connectivity index (χ4n) is 4.84. The van der Waals surface area contributed by atoms with E-state index in [9.17, 15) is 9.59 Å². The Morgan fingerprint density at radius 2 is 1.90 bits per heavy atom. The summed E-state index contributed by atoms with van der Waals surface area (Å²) in [4.78, 5) is 29.6. The van der Waals surface area contributed by atoms with Gasteiger partial charge in [0.15, 0.2) is 6.61 Å². The molecule has 1 unspecified atom stereocenters. The molecule has 2 aliphatic rings. The van der Waals surface area contributed by atoms with Crippen LogP contribution in [0.1, 0.15) is 43.9 Å². The van der Waals surface area contributed by atoms with E-state index >= 15 is 0 Å². The highest BCUT2D eigenvalue weighted by Crippen LogP contribution is 2.37. The Kier molecular flexibility index (Phi) is 9.67. The lowest BCUT2D eigenvalue weighted by atomic mass is 10.00. The molecule has 2 amide bonds. The topological polar surface area (TPSA) is 78.3 Å². The van der Waals surface area contributed by atoms with E-state index in [2.05, 4.69) is 16.5 Å². The predicted molar refractivity (Wildman–Crippen MR) is 154 cm³/mol. The van der Waals surface area contributed by atoms with Crippen LogP contribution >= 0.6 is 11.6 Å². The Bertz CT molecular complexity index is 1270. The fraction of sp³-hybridized carbons (Fsp3) is 0.400. The maximum Gasteiger partial charge on any atom is 0.265 e. The first kappa shape index (κ1) is 28.7. The smallest absolute Gasteiger partial charge is 0.265 e. The minimum Gasteiger partial charge on any atom is -0.482 e. The molecule has 1 atom stereocenters. The highest BCUT2D eigenvalue weighted by atomic mass is 35.5. The molecule has 3 aromatic rings. The van der Waals surface area contributed by atoms with Crippen LogP contribution in [0, 0.1) is 6.92 Å². The monoisotopic (exact) mass is 552 g/mol. The number of hydrogen-bond donors (Lipinski definition) is 1. The van der Waals surface area contributed by atoms with Crippen LogP contribution in [0.3, 0.4) is 0 Å². The first-order valence-corrected chi connectivity index (χ1v) is 13.9. The highest BCUT2D eigenvalue weighted by molar-refractivity contribution is 6.31. The van der Waals surface area contributed by atoms with Crippen LogP contribution in [0.5, 0.6) is 5.75 Å². The molecule has 1 aromatic heterocycles. The van der Waals surface area contributed by atoms with E-state index in [4.69, 9.17) is 20.8 Å². The number of benzene rings is 2. The minimum atomic E-state index is -0.275. The minimum absolute atomic E-state index is 0.104. The van der Waals surface area contributed by atoms with E-state index in [1.165, 1.54) is 4.90 Å². The molecule has 0 spiro atoms. The van der Waals surface area contributed by atoms with Crippen molar-refractivity contribution in [3.8, 4) is 16.9 Å². The quantitative estimate of drug-likeness (QED) is 0.400. The fourth-order valence-corrected chi connectivity index (χ4v) is 5.00. The Morgan fingerprint density at radius 3 is 2.62 bits per heavy atom. The molecule has 1 N–H and O–H groups in total. The van der Waals surface area contributed by atoms with Crippen molar-refractivity contribution in [2.24, 2.45) is 0 Å². The number of nitrogens with zero attached hydrogens (tertiary/aromatic N) is 3. The molecule has 208 valence electrons. The third-order valence-corrected chi connectivity index (χ3v) is 7.48. The maximum atomic E-state index is 13.6. The van der Waals surface area contributed by atoms with Gasteiger partial charge in [-0.15, -0.1) is 0 Å². The summed E-state index contributed by atoms with van der Waals surface area (Å²) in [5.74, 6) is 0.0970. The van der Waals surface area contributed by atoms with Gasteiger partial charge in [-0.25, -0.2) is 5.01 Å². The number of likely N-dealkylation sites (N-methyl/N-ethyl adjacent to an activating group) is 1. The van der Waals surface area contributed by atoms with Crippen molar-refractivity contribution >= 4 is 29.1 Å². The second-order valence-electron chi connectivity index (χ2n) is 9.55. The summed E-state index contributed by atoms with van der Waals surface area (Å²) in [6.45, 7) is 8.18. The van der Waals surface area contributed by atoms with E-state index in [0.717, 1.165) is 48.2 Å². The molecule has 2 aliphatic heterocycles. The van der Waals surface area contributed by atoms with Gasteiger partial charge in [0.25, 0.3) is 5.91 Å². The Labute approximate surface area is 235 Å². The summed E-state index contributed by atoms with van der Waals surface area (Å²) in [6.07, 6.45) is 5.67. The van der Waals surface area contributed by atoms with Gasteiger partial charge in [-0.2, -0.15) is 0 Å². The number of ether oxygens (including phenoxy) is 1. The van der Waals surface area contributed by atoms with Gasteiger partial charge in [0.2, 0.25) is 5.91 Å². The summed E-state index contributed by atoms with van der Waals surface area (Å²) in [6, 6.07) is 13.3. The molecule has 0 bridgehead atoms. The van der Waals surface area contributed by atoms with Gasteiger partial charge < -0.3 is 14.1 Å². The second kappa shape index (κ2) is 13.2. The molecule has 39 heavy (non-hydrogen) atoms. The third kappa shape index (κ3) is 6.64. The number of nitrogens with one attached hydrogen (secondary N) is 1. The molecule has 3 heterocycles. The van der Waals surface area contributed by atoms with Gasteiger partial charge in [0, 0.05) is 37.3 Å². The number of carbonyl (C=O) groups is 2. The second-order valence-corrected chi connectivity index (χ2v) is 9.96. The van der Waals surface area contributed by atoms with Crippen molar-refractivity contribution in [1.82, 2.24) is 15.3 Å². The number of rotatable bonds is 8. The third-order valence-electron chi connectivity index (χ3n) is 7.08. The molecule has 0 aliphatic carbocycles. The molecule has 1 fully saturated rings. The number of aryl methyl sites for hydroxylation is 1. The summed E-state index contributed by atoms with van der Waals surface area (Å²) in [5, 5.41) is 2.73. The van der Waals surface area contributed by atoms with E-state index in [1.54, 1.807) is 36.6 Å². The summed E-state index contributed by atoms with van der Waals surface area (Å²) in [7, 11) is 1.79. The number of halogens is 1. The molecule has 0 saturated carbocycles. The number of carbonyl (C=O) groups excluding carboxylic acids is 2. The van der Waals surface area contributed by atoms with E-state index in [1.807, 2.05) is 45.0 Å². The molecule has 8 nitrogen and oxygen atoms in total. The number of anilines is 1. The lowest BCUT2D eigenvalue weighted by Gasteiger charge is -2.34. The SMILES string of the molecule is CC.Cc1cc2c(cc1Cl)N(CC(=O)N(C)C(CNN1CCCC1)c1cccc(-c3ccoc3)c1)C(=O)CO2. The average molecular weight is 553 g/mol. The molecule has 1 saturated heterocycles. The van der Waals surface area contributed by atoms with Crippen molar-refractivity contribution < 1.29 is 18.7 Å². The van der Waals surface area contributed by atoms with Crippen LogP contribution in [0.2, 0.25) is 5.02 Å². The first-order valence-electron chi connectivity index (χ1n) is 13.5. The van der Waals surface area contributed by atoms with Gasteiger partial charge in [0.05, 0.1) is 24.3 Å². The van der Waals surface area contributed by atoms with Crippen molar-refractivity contribution in [1.29, 1.82) is 0 Å². The normalized spacial score (nSPS) is 15.7. The average Bonchev–Trinajstić information content (AvgIpc) is 3.68. The molecule has 2 aromatic carbocycles. The molecule has 9 heteroatoms. The van der Waals surface area contributed by atoms with Crippen LogP contribution in [0.25, 0.3) is 11.1 Å². The van der Waals surface area contributed by atoms with Gasteiger partial charge >= 0.3 is 0 Å². The van der Waals surface area contributed by atoms with Crippen molar-refractivity contribution in [2.45, 2.75) is 39.7 Å². The predicted octanol–water partition coefficient (Wildman–Crippen LogP) is 5.46. The van der Waals surface area contributed by atoms with Crippen LogP contribution in [-0.4, -0.2) is 61.6 Å². The number of furan rings is 1. The van der Waals surface area contributed by atoms with Gasteiger partial charge in [-0.3, -0.25) is 19.9 Å². The maximum absolute atomic E-state index is 13.6.